The predicted octanol–water partition coefficient (Wildman–Crippen LogP) is 0.952. The molecule has 1 aliphatic heterocycles. The van der Waals surface area contributed by atoms with E-state index in [4.69, 9.17) is 4.74 Å². The van der Waals surface area contributed by atoms with Gasteiger partial charge in [-0.15, -0.1) is 0 Å². The van der Waals surface area contributed by atoms with Crippen molar-refractivity contribution in [3.63, 3.8) is 0 Å². The van der Waals surface area contributed by atoms with Crippen LogP contribution in [0.3, 0.4) is 0 Å². The molecule has 1 aliphatic rings. The minimum absolute atomic E-state index is 0.215. The third-order valence-corrected chi connectivity index (χ3v) is 6.19. The molecule has 2 N–H and O–H groups in total. The molecule has 0 radical (unpaired) electrons. The molecule has 134 valence electrons. The average Bonchev–Trinajstić information content (AvgIpc) is 2.58. The summed E-state index contributed by atoms with van der Waals surface area (Å²) in [6, 6.07) is 4.91. The van der Waals surface area contributed by atoms with E-state index in [2.05, 4.69) is 10.6 Å². The maximum absolute atomic E-state index is 12.7. The summed E-state index contributed by atoms with van der Waals surface area (Å²) in [5.41, 5.74) is 1.10. The molecule has 1 unspecified atom stereocenters. The Hall–Kier alpha value is -1.48. The van der Waals surface area contributed by atoms with E-state index >= 15 is 0 Å². The van der Waals surface area contributed by atoms with Gasteiger partial charge in [-0.25, -0.2) is 8.42 Å². The Kier molecular flexibility index (Phi) is 6.34. The second-order valence-corrected chi connectivity index (χ2v) is 7.53. The number of anilines is 1. The van der Waals surface area contributed by atoms with Gasteiger partial charge in [-0.2, -0.15) is 4.31 Å². The van der Waals surface area contributed by atoms with Crippen LogP contribution in [0.5, 0.6) is 0 Å². The van der Waals surface area contributed by atoms with Crippen LogP contribution in [-0.4, -0.2) is 57.5 Å². The minimum atomic E-state index is -3.58. The number of nitrogens with zero attached hydrogens (tertiary/aromatic N) is 1. The van der Waals surface area contributed by atoms with E-state index in [9.17, 15) is 13.2 Å². The van der Waals surface area contributed by atoms with Gasteiger partial charge in [0.15, 0.2) is 0 Å². The number of hydrogen-bond donors (Lipinski definition) is 2. The van der Waals surface area contributed by atoms with Gasteiger partial charge in [0.05, 0.1) is 11.5 Å². The highest BCUT2D eigenvalue weighted by molar-refractivity contribution is 7.89. The highest BCUT2D eigenvalue weighted by Gasteiger charge is 2.25. The third-order valence-electron chi connectivity index (χ3n) is 4.00. The minimum Gasteiger partial charge on any atom is -0.366 e. The van der Waals surface area contributed by atoms with Gasteiger partial charge in [0.25, 0.3) is 5.91 Å². The van der Waals surface area contributed by atoms with E-state index in [1.54, 1.807) is 32.9 Å². The second-order valence-electron chi connectivity index (χ2n) is 5.62. The molecule has 1 atom stereocenters. The van der Waals surface area contributed by atoms with Crippen LogP contribution in [0.25, 0.3) is 0 Å². The van der Waals surface area contributed by atoms with E-state index in [1.807, 2.05) is 0 Å². The van der Waals surface area contributed by atoms with Gasteiger partial charge < -0.3 is 15.4 Å². The fourth-order valence-corrected chi connectivity index (χ4v) is 4.32. The number of morpholine rings is 1. The number of ether oxygens (including phenoxy) is 1. The van der Waals surface area contributed by atoms with Gasteiger partial charge in [0.1, 0.15) is 6.10 Å². The van der Waals surface area contributed by atoms with E-state index in [0.717, 1.165) is 6.54 Å². The van der Waals surface area contributed by atoms with Gasteiger partial charge in [0, 0.05) is 31.9 Å². The molecular formula is C16H25N3O4S. The van der Waals surface area contributed by atoms with Crippen molar-refractivity contribution in [2.24, 2.45) is 0 Å². The summed E-state index contributed by atoms with van der Waals surface area (Å²) < 4.78 is 32.3. The van der Waals surface area contributed by atoms with E-state index in [-0.39, 0.29) is 10.8 Å². The normalized spacial score (nSPS) is 18.6. The first-order valence-electron chi connectivity index (χ1n) is 8.14. The van der Waals surface area contributed by atoms with Gasteiger partial charge in [0.2, 0.25) is 10.0 Å². The number of nitrogens with one attached hydrogen (secondary N) is 2. The predicted molar refractivity (Wildman–Crippen MR) is 92.5 cm³/mol. The van der Waals surface area contributed by atoms with Crippen LogP contribution >= 0.6 is 0 Å². The molecule has 2 rings (SSSR count). The van der Waals surface area contributed by atoms with Crippen LogP contribution in [-0.2, 0) is 19.6 Å². The van der Waals surface area contributed by atoms with Crippen LogP contribution in [0.15, 0.2) is 23.1 Å². The fraction of sp³-hybridized carbons (Fsp3) is 0.562. The highest BCUT2D eigenvalue weighted by Crippen LogP contribution is 2.23. The SMILES string of the molecule is CCN(CC)S(=O)(=O)c1cc(NC(=O)C2CNCCO2)ccc1C. The summed E-state index contributed by atoms with van der Waals surface area (Å²) >= 11 is 0. The highest BCUT2D eigenvalue weighted by atomic mass is 32.2. The van der Waals surface area contributed by atoms with E-state index < -0.39 is 16.1 Å². The zero-order valence-electron chi connectivity index (χ0n) is 14.3. The first-order valence-corrected chi connectivity index (χ1v) is 9.58. The molecule has 1 aromatic rings. The van der Waals surface area contributed by atoms with Crippen LogP contribution < -0.4 is 10.6 Å². The maximum atomic E-state index is 12.7. The molecule has 0 aromatic heterocycles. The Labute approximate surface area is 143 Å². The Balaban J connectivity index is 2.23. The lowest BCUT2D eigenvalue weighted by Gasteiger charge is -2.23. The second kappa shape index (κ2) is 8.06. The lowest BCUT2D eigenvalue weighted by molar-refractivity contribution is -0.128. The molecule has 8 heteroatoms. The van der Waals surface area contributed by atoms with Crippen molar-refractivity contribution >= 4 is 21.6 Å². The number of sulfonamides is 1. The van der Waals surface area contributed by atoms with Crippen molar-refractivity contribution in [3.8, 4) is 0 Å². The van der Waals surface area contributed by atoms with Crippen LogP contribution in [0, 0.1) is 6.92 Å². The van der Waals surface area contributed by atoms with Crippen molar-refractivity contribution in [2.45, 2.75) is 31.8 Å². The van der Waals surface area contributed by atoms with Crippen LogP contribution in [0.2, 0.25) is 0 Å². The quantitative estimate of drug-likeness (QED) is 0.793. The lowest BCUT2D eigenvalue weighted by Crippen LogP contribution is -2.45. The Morgan fingerprint density at radius 1 is 1.38 bits per heavy atom. The zero-order valence-corrected chi connectivity index (χ0v) is 15.1. The number of rotatable bonds is 6. The molecule has 1 aromatic carbocycles. The average molecular weight is 355 g/mol. The molecule has 0 spiro atoms. The summed E-state index contributed by atoms with van der Waals surface area (Å²) in [7, 11) is -3.58. The van der Waals surface area contributed by atoms with Crippen molar-refractivity contribution in [2.75, 3.05) is 38.1 Å². The van der Waals surface area contributed by atoms with E-state index in [0.29, 0.717) is 37.5 Å². The van der Waals surface area contributed by atoms with Gasteiger partial charge in [-0.1, -0.05) is 19.9 Å². The molecule has 24 heavy (non-hydrogen) atoms. The standard InChI is InChI=1S/C16H25N3O4S/c1-4-19(5-2)24(21,22)15-10-13(7-6-12(15)3)18-16(20)14-11-17-8-9-23-14/h6-7,10,14,17H,4-5,8-9,11H2,1-3H3,(H,18,20). The van der Waals surface area contributed by atoms with Gasteiger partial charge in [-0.05, 0) is 24.6 Å². The first kappa shape index (κ1) is 18.9. The van der Waals surface area contributed by atoms with Crippen molar-refractivity contribution in [1.82, 2.24) is 9.62 Å². The summed E-state index contributed by atoms with van der Waals surface area (Å²) in [5, 5.41) is 5.83. The van der Waals surface area contributed by atoms with Crippen molar-refractivity contribution in [1.29, 1.82) is 0 Å². The number of carbonyl (C=O) groups excluding carboxylic acids is 1. The lowest BCUT2D eigenvalue weighted by atomic mass is 10.2. The number of hydrogen-bond acceptors (Lipinski definition) is 5. The van der Waals surface area contributed by atoms with Crippen LogP contribution in [0.1, 0.15) is 19.4 Å². The number of amides is 1. The number of benzene rings is 1. The third kappa shape index (κ3) is 4.13. The van der Waals surface area contributed by atoms with Crippen LogP contribution in [0.4, 0.5) is 5.69 Å². The molecule has 7 nitrogen and oxygen atoms in total. The first-order chi connectivity index (χ1) is 11.4. The molecule has 0 aliphatic carbocycles. The number of aryl methyl sites for hydroxylation is 1. The topological polar surface area (TPSA) is 87.7 Å². The maximum Gasteiger partial charge on any atom is 0.254 e. The molecule has 1 fully saturated rings. The molecule has 0 bridgehead atoms. The Morgan fingerprint density at radius 2 is 2.08 bits per heavy atom. The summed E-state index contributed by atoms with van der Waals surface area (Å²) in [5.74, 6) is -0.280. The number of carbonyl (C=O) groups is 1. The molecule has 1 amide bonds. The smallest absolute Gasteiger partial charge is 0.254 e. The van der Waals surface area contributed by atoms with Crippen molar-refractivity contribution < 1.29 is 17.9 Å². The molecule has 1 saturated heterocycles. The van der Waals surface area contributed by atoms with Crippen molar-refractivity contribution in [3.05, 3.63) is 23.8 Å². The molecule has 1 heterocycles. The summed E-state index contributed by atoms with van der Waals surface area (Å²) in [6.07, 6.45) is -0.567. The molecular weight excluding hydrogens is 330 g/mol. The Bertz CT molecular complexity index is 681. The largest absolute Gasteiger partial charge is 0.366 e. The zero-order chi connectivity index (χ0) is 17.7. The van der Waals surface area contributed by atoms with Gasteiger partial charge >= 0.3 is 0 Å². The summed E-state index contributed by atoms with van der Waals surface area (Å²) in [4.78, 5) is 12.4. The fourth-order valence-electron chi connectivity index (χ4n) is 2.61. The monoisotopic (exact) mass is 355 g/mol. The van der Waals surface area contributed by atoms with E-state index in [1.165, 1.54) is 10.4 Å². The summed E-state index contributed by atoms with van der Waals surface area (Å²) in [6.45, 7) is 7.80. The molecule has 0 saturated carbocycles. The Morgan fingerprint density at radius 3 is 2.67 bits per heavy atom. The van der Waals surface area contributed by atoms with Gasteiger partial charge in [-0.3, -0.25) is 4.79 Å².